The molecule has 0 aromatic heterocycles. The normalized spacial score (nSPS) is 25.6. The van der Waals surface area contributed by atoms with Gasteiger partial charge in [-0.2, -0.15) is 0 Å². The SMILES string of the molecule is CC(C=CC1C(C)C(=O)C(=O)CC1(C)C)=C/C=C/C(C)=C/C=C/C=C(C)/C=C/C=C(\C)C=CC1=C(C)C(=O)C(OC(=O)N2CCOCC2)CC1(C)C. The Labute approximate surface area is 312 Å². The van der Waals surface area contributed by atoms with E-state index in [0.717, 1.165) is 27.9 Å². The summed E-state index contributed by atoms with van der Waals surface area (Å²) in [6.45, 7) is 22.0. The largest absolute Gasteiger partial charge is 0.438 e. The first kappa shape index (κ1) is 42.1. The topological polar surface area (TPSA) is 90.0 Å². The maximum atomic E-state index is 13.2. The molecule has 52 heavy (non-hydrogen) atoms. The molecule has 2 fully saturated rings. The van der Waals surface area contributed by atoms with Gasteiger partial charge in [0.1, 0.15) is 0 Å². The van der Waals surface area contributed by atoms with Gasteiger partial charge in [0, 0.05) is 31.8 Å². The summed E-state index contributed by atoms with van der Waals surface area (Å²) >= 11 is 0. The van der Waals surface area contributed by atoms with Crippen LogP contribution in [0, 0.1) is 22.7 Å². The van der Waals surface area contributed by atoms with E-state index in [1.165, 1.54) is 0 Å². The van der Waals surface area contributed by atoms with Crippen molar-refractivity contribution in [2.24, 2.45) is 22.7 Å². The van der Waals surface area contributed by atoms with E-state index in [-0.39, 0.29) is 40.0 Å². The van der Waals surface area contributed by atoms with Gasteiger partial charge < -0.3 is 14.4 Å². The van der Waals surface area contributed by atoms with Gasteiger partial charge in [-0.15, -0.1) is 0 Å². The zero-order valence-corrected chi connectivity index (χ0v) is 33.0. The highest BCUT2D eigenvalue weighted by atomic mass is 16.6. The first-order chi connectivity index (χ1) is 24.4. The van der Waals surface area contributed by atoms with Crippen LogP contribution in [0.2, 0.25) is 0 Å². The van der Waals surface area contributed by atoms with E-state index in [1.54, 1.807) is 4.90 Å². The summed E-state index contributed by atoms with van der Waals surface area (Å²) in [5, 5.41) is 0. The molecule has 0 aromatic carbocycles. The van der Waals surface area contributed by atoms with Crippen molar-refractivity contribution in [3.63, 3.8) is 0 Å². The van der Waals surface area contributed by atoms with Crippen molar-refractivity contribution in [3.8, 4) is 0 Å². The molecule has 1 amide bonds. The molecular formula is C45H59NO6. The Morgan fingerprint density at radius 3 is 1.87 bits per heavy atom. The molecule has 3 aliphatic rings. The Morgan fingerprint density at radius 2 is 1.29 bits per heavy atom. The number of amides is 1. The van der Waals surface area contributed by atoms with Gasteiger partial charge in [0.2, 0.25) is 5.78 Å². The minimum Gasteiger partial charge on any atom is -0.438 e. The van der Waals surface area contributed by atoms with Crippen LogP contribution in [0.3, 0.4) is 0 Å². The van der Waals surface area contributed by atoms with E-state index in [0.29, 0.717) is 44.7 Å². The molecule has 3 unspecified atom stereocenters. The van der Waals surface area contributed by atoms with Crippen LogP contribution in [0.1, 0.15) is 82.1 Å². The van der Waals surface area contributed by atoms with Gasteiger partial charge >= 0.3 is 6.09 Å². The second-order valence-corrected chi connectivity index (χ2v) is 15.7. The number of Topliss-reactive ketones (excluding diaryl/α,β-unsaturated/α-hetero) is 3. The fourth-order valence-electron chi connectivity index (χ4n) is 6.89. The fraction of sp³-hybridized carbons (Fsp3) is 0.467. The van der Waals surface area contributed by atoms with Crippen molar-refractivity contribution in [2.45, 2.75) is 88.2 Å². The van der Waals surface area contributed by atoms with Gasteiger partial charge in [0.05, 0.1) is 13.2 Å². The van der Waals surface area contributed by atoms with Crippen LogP contribution in [0.15, 0.2) is 119 Å². The van der Waals surface area contributed by atoms with Gasteiger partial charge in [-0.25, -0.2) is 4.79 Å². The Kier molecular flexibility index (Phi) is 15.3. The lowest BCUT2D eigenvalue weighted by atomic mass is 9.63. The zero-order chi connectivity index (χ0) is 38.6. The number of nitrogens with zero attached hydrogens (tertiary/aromatic N) is 1. The highest BCUT2D eigenvalue weighted by Crippen LogP contribution is 2.42. The molecule has 0 aromatic rings. The Morgan fingerprint density at radius 1 is 0.769 bits per heavy atom. The van der Waals surface area contributed by atoms with Crippen LogP contribution < -0.4 is 0 Å². The highest BCUT2D eigenvalue weighted by molar-refractivity contribution is 6.38. The molecule has 0 N–H and O–H groups in total. The van der Waals surface area contributed by atoms with Crippen molar-refractivity contribution >= 4 is 23.4 Å². The lowest BCUT2D eigenvalue weighted by Crippen LogP contribution is -2.45. The molecule has 1 aliphatic heterocycles. The molecular weight excluding hydrogens is 650 g/mol. The lowest BCUT2D eigenvalue weighted by Gasteiger charge is -2.39. The fourth-order valence-corrected chi connectivity index (χ4v) is 6.89. The molecule has 7 nitrogen and oxygen atoms in total. The minimum atomic E-state index is -0.782. The van der Waals surface area contributed by atoms with Crippen LogP contribution in [-0.4, -0.2) is 60.8 Å². The zero-order valence-electron chi connectivity index (χ0n) is 33.0. The van der Waals surface area contributed by atoms with Gasteiger partial charge in [0.15, 0.2) is 17.7 Å². The van der Waals surface area contributed by atoms with Crippen LogP contribution in [0.4, 0.5) is 4.79 Å². The second kappa shape index (κ2) is 18.9. The summed E-state index contributed by atoms with van der Waals surface area (Å²) < 4.78 is 11.0. The van der Waals surface area contributed by atoms with E-state index in [9.17, 15) is 19.2 Å². The third-order valence-corrected chi connectivity index (χ3v) is 10.1. The molecule has 280 valence electrons. The Balaban J connectivity index is 1.52. The van der Waals surface area contributed by atoms with Crippen molar-refractivity contribution in [2.75, 3.05) is 26.3 Å². The number of hydrogen-bond acceptors (Lipinski definition) is 6. The summed E-state index contributed by atoms with van der Waals surface area (Å²) in [6.07, 6.45) is 28.0. The average Bonchev–Trinajstić information content (AvgIpc) is 3.07. The van der Waals surface area contributed by atoms with Crippen LogP contribution in [0.5, 0.6) is 0 Å². The van der Waals surface area contributed by atoms with E-state index >= 15 is 0 Å². The third-order valence-electron chi connectivity index (χ3n) is 10.1. The molecule has 0 spiro atoms. The van der Waals surface area contributed by atoms with Crippen molar-refractivity contribution < 1.29 is 28.7 Å². The summed E-state index contributed by atoms with van der Waals surface area (Å²) in [6, 6.07) is 0. The molecule has 7 heteroatoms. The summed E-state index contributed by atoms with van der Waals surface area (Å²) in [5.74, 6) is -0.902. The number of rotatable bonds is 11. The number of morpholine rings is 1. The van der Waals surface area contributed by atoms with E-state index in [1.807, 2.05) is 102 Å². The average molecular weight is 710 g/mol. The monoisotopic (exact) mass is 709 g/mol. The lowest BCUT2D eigenvalue weighted by molar-refractivity contribution is -0.145. The molecule has 2 aliphatic carbocycles. The molecule has 0 bridgehead atoms. The van der Waals surface area contributed by atoms with Gasteiger partial charge in [-0.3, -0.25) is 14.4 Å². The number of allylic oxidation sites excluding steroid dienone is 19. The molecule has 3 atom stereocenters. The van der Waals surface area contributed by atoms with Crippen LogP contribution >= 0.6 is 0 Å². The Bertz CT molecular complexity index is 1680. The van der Waals surface area contributed by atoms with Gasteiger partial charge in [-0.1, -0.05) is 142 Å². The number of carbonyl (C=O) groups excluding carboxylic acids is 4. The number of carbonyl (C=O) groups is 4. The standard InChI is InChI=1S/C45H59NO6/c1-31(17-13-19-33(3)21-23-37-35(5)41(48)39(47)29-44(37,7)8)15-11-12-16-32(2)18-14-20-34(4)22-24-38-36(6)42(49)40(30-45(38,9)10)52-43(50)46-25-27-51-28-26-46/h11-24,35,37,40H,25-30H2,1-10H3/b12-11+,17-13+,18-14+,23-21?,24-22?,31-15+,32-16+,33-19?,34-20+. The van der Waals surface area contributed by atoms with Crippen molar-refractivity contribution in [1.29, 1.82) is 0 Å². The van der Waals surface area contributed by atoms with Gasteiger partial charge in [-0.05, 0) is 62.5 Å². The predicted octanol–water partition coefficient (Wildman–Crippen LogP) is 9.53. The van der Waals surface area contributed by atoms with E-state index < -0.39 is 12.2 Å². The van der Waals surface area contributed by atoms with Gasteiger partial charge in [0.25, 0.3) is 0 Å². The maximum Gasteiger partial charge on any atom is 0.410 e. The molecule has 1 saturated heterocycles. The quantitative estimate of drug-likeness (QED) is 0.157. The minimum absolute atomic E-state index is 0.0334. The van der Waals surface area contributed by atoms with Crippen molar-refractivity contribution in [1.82, 2.24) is 4.90 Å². The number of hydrogen-bond donors (Lipinski definition) is 0. The smallest absolute Gasteiger partial charge is 0.410 e. The number of ether oxygens (including phenoxy) is 2. The first-order valence-electron chi connectivity index (χ1n) is 18.4. The molecule has 3 rings (SSSR count). The molecule has 1 heterocycles. The van der Waals surface area contributed by atoms with Crippen LogP contribution in [0.25, 0.3) is 0 Å². The Hall–Kier alpha value is -4.36. The first-order valence-corrected chi connectivity index (χ1v) is 18.4. The van der Waals surface area contributed by atoms with Crippen molar-refractivity contribution in [3.05, 3.63) is 119 Å². The number of ketones is 3. The predicted molar refractivity (Wildman–Crippen MR) is 211 cm³/mol. The maximum absolute atomic E-state index is 13.2. The second-order valence-electron chi connectivity index (χ2n) is 15.7. The van der Waals surface area contributed by atoms with E-state index in [4.69, 9.17) is 9.47 Å². The van der Waals surface area contributed by atoms with E-state index in [2.05, 4.69) is 52.0 Å². The highest BCUT2D eigenvalue weighted by Gasteiger charge is 2.44. The molecule has 0 radical (unpaired) electrons. The summed E-state index contributed by atoms with van der Waals surface area (Å²) in [4.78, 5) is 51.7. The summed E-state index contributed by atoms with van der Waals surface area (Å²) in [7, 11) is 0. The third kappa shape index (κ3) is 12.1. The summed E-state index contributed by atoms with van der Waals surface area (Å²) in [5.41, 5.74) is 5.37. The van der Waals surface area contributed by atoms with Crippen LogP contribution in [-0.2, 0) is 23.9 Å². The molecule has 1 saturated carbocycles.